The molecular weight excluding hydrogens is 789 g/mol. The van der Waals surface area contributed by atoms with E-state index in [1.165, 1.54) is 7.11 Å². The zero-order valence-corrected chi connectivity index (χ0v) is 35.3. The fraction of sp³-hybridized carbons (Fsp3) is 0.362. The van der Waals surface area contributed by atoms with Gasteiger partial charge in [0.1, 0.15) is 36.1 Å². The molecule has 0 saturated carbocycles. The SMILES string of the molecule is COC(=O)NC(C(=O)N1C[C@@H](C)C[C@H]1c1nc2ccc3cc4c(cc3c2[nH]1)OCc1cc(-c2cnc([C@@H]3C[C@H](C)CN3C(=O)C(NC(=O)O)C(C)C)[nH]2)ccc1-4)c1ccccc1. The number of ether oxygens (including phenoxy) is 2. The fourth-order valence-corrected chi connectivity index (χ4v) is 9.49. The van der Waals surface area contributed by atoms with Crippen molar-refractivity contribution in [1.82, 2.24) is 40.4 Å². The minimum atomic E-state index is -1.22. The molecule has 0 radical (unpaired) electrons. The molecule has 6 aromatic rings. The molecule has 4 amide bonds. The van der Waals surface area contributed by atoms with Gasteiger partial charge in [0.15, 0.2) is 0 Å². The number of methoxy groups -OCH3 is 1. The minimum absolute atomic E-state index is 0.211. The predicted octanol–water partition coefficient (Wildman–Crippen LogP) is 7.87. The summed E-state index contributed by atoms with van der Waals surface area (Å²) in [5.41, 5.74) is 7.12. The summed E-state index contributed by atoms with van der Waals surface area (Å²) >= 11 is 0. The van der Waals surface area contributed by atoms with E-state index in [1.54, 1.807) is 11.1 Å². The first-order chi connectivity index (χ1) is 29.9. The monoisotopic (exact) mass is 838 g/mol. The molecule has 3 aliphatic heterocycles. The van der Waals surface area contributed by atoms with Crippen LogP contribution in [0.1, 0.15) is 81.4 Å². The third kappa shape index (κ3) is 7.45. The molecule has 320 valence electrons. The van der Waals surface area contributed by atoms with Crippen molar-refractivity contribution in [3.63, 3.8) is 0 Å². The zero-order valence-electron chi connectivity index (χ0n) is 35.3. The van der Waals surface area contributed by atoms with Crippen LogP contribution in [0.5, 0.6) is 5.75 Å². The van der Waals surface area contributed by atoms with Crippen molar-refractivity contribution in [3.05, 3.63) is 102 Å². The molecule has 2 fully saturated rings. The Labute approximate surface area is 358 Å². The number of H-pyrrole nitrogens is 2. The fourth-order valence-electron chi connectivity index (χ4n) is 9.49. The summed E-state index contributed by atoms with van der Waals surface area (Å²) in [6, 6.07) is 21.3. The average molecular weight is 839 g/mol. The van der Waals surface area contributed by atoms with E-state index in [-0.39, 0.29) is 41.7 Å². The van der Waals surface area contributed by atoms with Gasteiger partial charge in [-0.3, -0.25) is 9.59 Å². The second-order valence-corrected chi connectivity index (χ2v) is 17.3. The first-order valence-corrected chi connectivity index (χ1v) is 21.1. The predicted molar refractivity (Wildman–Crippen MR) is 232 cm³/mol. The molecule has 62 heavy (non-hydrogen) atoms. The van der Waals surface area contributed by atoms with E-state index in [0.29, 0.717) is 43.3 Å². The van der Waals surface area contributed by atoms with Crippen molar-refractivity contribution in [2.75, 3.05) is 20.2 Å². The maximum absolute atomic E-state index is 14.2. The lowest BCUT2D eigenvalue weighted by molar-refractivity contribution is -0.136. The van der Waals surface area contributed by atoms with Gasteiger partial charge >= 0.3 is 12.2 Å². The molecule has 2 unspecified atom stereocenters. The van der Waals surface area contributed by atoms with E-state index < -0.39 is 24.3 Å². The van der Waals surface area contributed by atoms with Crippen molar-refractivity contribution in [3.8, 4) is 28.1 Å². The van der Waals surface area contributed by atoms with Crippen LogP contribution in [0.3, 0.4) is 0 Å². The van der Waals surface area contributed by atoms with Gasteiger partial charge in [0, 0.05) is 24.0 Å². The Morgan fingerprint density at radius 2 is 1.58 bits per heavy atom. The Kier molecular flexibility index (Phi) is 10.6. The van der Waals surface area contributed by atoms with Gasteiger partial charge in [-0.2, -0.15) is 0 Å². The summed E-state index contributed by atoms with van der Waals surface area (Å²) in [5.74, 6) is 1.87. The lowest BCUT2D eigenvalue weighted by Gasteiger charge is -2.29. The topological polar surface area (TPSA) is 195 Å². The highest BCUT2D eigenvalue weighted by Crippen LogP contribution is 2.44. The molecule has 0 aliphatic carbocycles. The summed E-state index contributed by atoms with van der Waals surface area (Å²) in [6.07, 6.45) is 1.31. The molecule has 2 aromatic heterocycles. The van der Waals surface area contributed by atoms with Gasteiger partial charge in [-0.25, -0.2) is 19.6 Å². The molecule has 0 spiro atoms. The number of amides is 4. The van der Waals surface area contributed by atoms with E-state index >= 15 is 0 Å². The third-order valence-electron chi connectivity index (χ3n) is 12.5. The number of carboxylic acid groups (broad SMARTS) is 1. The lowest BCUT2D eigenvalue weighted by Crippen LogP contribution is -2.50. The number of benzene rings is 4. The Morgan fingerprint density at radius 1 is 0.855 bits per heavy atom. The second-order valence-electron chi connectivity index (χ2n) is 17.3. The standard InChI is InChI=1S/C47H50N8O7/c1-24(2)39(52-46(58)59)44(56)54-21-25(3)15-36(54)42-48-20-35(50-42)29-11-13-31-30(17-29)23-62-38-19-32-28(18-33(31)38)12-14-34-41(32)51-43(49-34)37-16-26(4)22-55(37)45(57)40(53-47(60)61-5)27-9-7-6-8-10-27/h6-14,17-20,24-26,36-37,39-40,52H,15-16,21-23H2,1-5H3,(H,48,50)(H,49,51)(H,53,60)(H,58,59)/t25-,26-,36-,37-,39?,40?/m0/s1. The lowest BCUT2D eigenvalue weighted by atomic mass is 9.92. The van der Waals surface area contributed by atoms with Crippen molar-refractivity contribution in [2.45, 2.75) is 71.3 Å². The number of likely N-dealkylation sites (tertiary alicyclic amines) is 2. The van der Waals surface area contributed by atoms with Crippen molar-refractivity contribution in [2.24, 2.45) is 17.8 Å². The molecule has 6 atom stereocenters. The molecule has 2 saturated heterocycles. The number of carbonyl (C=O) groups excluding carboxylic acids is 3. The van der Waals surface area contributed by atoms with Gasteiger partial charge in [0.05, 0.1) is 42.1 Å². The van der Waals surface area contributed by atoms with E-state index in [1.807, 2.05) is 55.1 Å². The number of imidazole rings is 2. The van der Waals surface area contributed by atoms with E-state index in [4.69, 9.17) is 19.4 Å². The average Bonchev–Trinajstić information content (AvgIpc) is 4.09. The van der Waals surface area contributed by atoms with Gasteiger partial charge in [-0.15, -0.1) is 0 Å². The van der Waals surface area contributed by atoms with Crippen LogP contribution in [0.15, 0.2) is 79.0 Å². The number of nitrogens with zero attached hydrogens (tertiary/aromatic N) is 4. The molecule has 3 aliphatic rings. The molecule has 15 heteroatoms. The maximum Gasteiger partial charge on any atom is 0.407 e. The number of hydrogen-bond donors (Lipinski definition) is 5. The first-order valence-electron chi connectivity index (χ1n) is 21.1. The Balaban J connectivity index is 0.977. The normalized spacial score (nSPS) is 20.4. The second kappa shape index (κ2) is 16.2. The number of fused-ring (bicyclic) bond motifs is 6. The maximum atomic E-state index is 14.2. The number of alkyl carbamates (subject to hydrolysis) is 1. The molecular formula is C47H50N8O7. The van der Waals surface area contributed by atoms with Crippen LogP contribution >= 0.6 is 0 Å². The Hall–Kier alpha value is -6.90. The van der Waals surface area contributed by atoms with Gasteiger partial charge in [0.25, 0.3) is 5.91 Å². The first kappa shape index (κ1) is 40.5. The molecule has 15 nitrogen and oxygen atoms in total. The number of hydrogen-bond acceptors (Lipinski definition) is 8. The number of rotatable bonds is 9. The molecule has 9 rings (SSSR count). The van der Waals surface area contributed by atoms with Gasteiger partial charge in [-0.05, 0) is 82.5 Å². The largest absolute Gasteiger partial charge is 0.488 e. The number of aromatic amines is 2. The minimum Gasteiger partial charge on any atom is -0.488 e. The summed E-state index contributed by atoms with van der Waals surface area (Å²) in [7, 11) is 1.28. The Bertz CT molecular complexity index is 2710. The van der Waals surface area contributed by atoms with Crippen LogP contribution in [-0.2, 0) is 20.9 Å². The van der Waals surface area contributed by atoms with E-state index in [2.05, 4.69) is 70.8 Å². The summed E-state index contributed by atoms with van der Waals surface area (Å²) < 4.78 is 11.3. The van der Waals surface area contributed by atoms with Crippen molar-refractivity contribution < 1.29 is 33.8 Å². The highest BCUT2D eigenvalue weighted by atomic mass is 16.5. The highest BCUT2D eigenvalue weighted by Gasteiger charge is 2.41. The molecule has 5 heterocycles. The van der Waals surface area contributed by atoms with E-state index in [9.17, 15) is 24.3 Å². The molecule has 0 bridgehead atoms. The van der Waals surface area contributed by atoms with E-state index in [0.717, 1.165) is 61.9 Å². The van der Waals surface area contributed by atoms with Crippen LogP contribution in [0.2, 0.25) is 0 Å². The van der Waals surface area contributed by atoms with Crippen LogP contribution in [0.25, 0.3) is 44.2 Å². The molecule has 5 N–H and O–H groups in total. The zero-order chi connectivity index (χ0) is 43.4. The smallest absolute Gasteiger partial charge is 0.407 e. The van der Waals surface area contributed by atoms with Crippen LogP contribution in [-0.4, -0.2) is 85.1 Å². The van der Waals surface area contributed by atoms with Crippen LogP contribution in [0.4, 0.5) is 9.59 Å². The third-order valence-corrected chi connectivity index (χ3v) is 12.5. The summed E-state index contributed by atoms with van der Waals surface area (Å²) in [5, 5.41) is 16.5. The summed E-state index contributed by atoms with van der Waals surface area (Å²) in [6.45, 7) is 9.27. The van der Waals surface area contributed by atoms with Gasteiger partial charge in [0.2, 0.25) is 5.91 Å². The van der Waals surface area contributed by atoms with Gasteiger partial charge < -0.3 is 45.0 Å². The van der Waals surface area contributed by atoms with Gasteiger partial charge in [-0.1, -0.05) is 76.2 Å². The molecule has 4 aromatic carbocycles. The number of carbonyl (C=O) groups is 4. The number of aromatic nitrogens is 4. The Morgan fingerprint density at radius 3 is 2.29 bits per heavy atom. The quantitative estimate of drug-likeness (QED) is 0.0963. The van der Waals surface area contributed by atoms with Crippen LogP contribution < -0.4 is 15.4 Å². The summed E-state index contributed by atoms with van der Waals surface area (Å²) in [4.78, 5) is 72.2. The number of nitrogens with one attached hydrogen (secondary N) is 4. The highest BCUT2D eigenvalue weighted by molar-refractivity contribution is 6.07. The van der Waals surface area contributed by atoms with Crippen molar-refractivity contribution in [1.29, 1.82) is 0 Å². The van der Waals surface area contributed by atoms with Crippen molar-refractivity contribution >= 4 is 45.8 Å². The van der Waals surface area contributed by atoms with Crippen LogP contribution in [0, 0.1) is 17.8 Å².